The maximum Gasteiger partial charge on any atom is 0.152 e. The lowest BCUT2D eigenvalue weighted by molar-refractivity contribution is 0.296. The van der Waals surface area contributed by atoms with Gasteiger partial charge in [0.2, 0.25) is 0 Å². The Bertz CT molecular complexity index is 222. The Hall–Kier alpha value is -0.900. The van der Waals surface area contributed by atoms with Crippen LogP contribution in [-0.2, 0) is 12.8 Å². The Balaban J connectivity index is 2.41. The highest BCUT2D eigenvalue weighted by Gasteiger charge is 2.00. The van der Waals surface area contributed by atoms with Gasteiger partial charge < -0.3 is 5.11 Å². The van der Waals surface area contributed by atoms with Gasteiger partial charge in [0.25, 0.3) is 0 Å². The maximum atomic E-state index is 8.61. The van der Waals surface area contributed by atoms with Gasteiger partial charge in [-0.25, -0.2) is 4.98 Å². The van der Waals surface area contributed by atoms with Crippen LogP contribution in [0.15, 0.2) is 0 Å². The number of rotatable bonds is 5. The molecule has 0 bridgehead atoms. The summed E-state index contributed by atoms with van der Waals surface area (Å²) in [6.07, 6.45) is 3.79. The molecule has 4 nitrogen and oxygen atoms in total. The standard InChI is InChI=1S/C8H15N3O/c1-2-3-4-7-9-8(5-6-12)11-10-7/h12H,2-6H2,1H3,(H,9,10,11). The second-order valence-corrected chi connectivity index (χ2v) is 2.78. The summed E-state index contributed by atoms with van der Waals surface area (Å²) in [7, 11) is 0. The minimum Gasteiger partial charge on any atom is -0.396 e. The van der Waals surface area contributed by atoms with Crippen molar-refractivity contribution in [1.29, 1.82) is 0 Å². The predicted octanol–water partition coefficient (Wildman–Crippen LogP) is 0.682. The number of nitrogens with one attached hydrogen (secondary N) is 1. The molecular weight excluding hydrogens is 154 g/mol. The molecule has 0 aromatic carbocycles. The molecule has 0 fully saturated rings. The quantitative estimate of drug-likeness (QED) is 0.681. The summed E-state index contributed by atoms with van der Waals surface area (Å²) in [6.45, 7) is 2.26. The van der Waals surface area contributed by atoms with E-state index in [1.807, 2.05) is 0 Å². The highest BCUT2D eigenvalue weighted by Crippen LogP contribution is 1.99. The van der Waals surface area contributed by atoms with Crippen LogP contribution in [0, 0.1) is 0 Å². The van der Waals surface area contributed by atoms with Gasteiger partial charge in [0, 0.05) is 12.8 Å². The van der Waals surface area contributed by atoms with E-state index in [-0.39, 0.29) is 6.61 Å². The van der Waals surface area contributed by atoms with E-state index in [0.717, 1.165) is 25.1 Å². The highest BCUT2D eigenvalue weighted by molar-refractivity contribution is 4.90. The number of aromatic nitrogens is 3. The van der Waals surface area contributed by atoms with Crippen molar-refractivity contribution in [2.75, 3.05) is 6.61 Å². The van der Waals surface area contributed by atoms with Crippen LogP contribution in [0.1, 0.15) is 31.4 Å². The zero-order valence-electron chi connectivity index (χ0n) is 7.38. The van der Waals surface area contributed by atoms with E-state index < -0.39 is 0 Å². The first-order valence-electron chi connectivity index (χ1n) is 4.37. The topological polar surface area (TPSA) is 61.8 Å². The molecule has 0 aliphatic carbocycles. The molecule has 2 N–H and O–H groups in total. The summed E-state index contributed by atoms with van der Waals surface area (Å²) in [4.78, 5) is 4.21. The molecule has 0 saturated heterocycles. The lowest BCUT2D eigenvalue weighted by Crippen LogP contribution is -1.93. The number of hydrogen-bond acceptors (Lipinski definition) is 3. The van der Waals surface area contributed by atoms with Crippen LogP contribution in [0.3, 0.4) is 0 Å². The normalized spacial score (nSPS) is 10.5. The van der Waals surface area contributed by atoms with Crippen LogP contribution in [0.25, 0.3) is 0 Å². The Labute approximate surface area is 72.0 Å². The number of aryl methyl sites for hydroxylation is 1. The van der Waals surface area contributed by atoms with Crippen molar-refractivity contribution in [3.63, 3.8) is 0 Å². The van der Waals surface area contributed by atoms with Crippen LogP contribution in [-0.4, -0.2) is 26.9 Å². The summed E-state index contributed by atoms with van der Waals surface area (Å²) in [6, 6.07) is 0. The molecule has 0 saturated carbocycles. The number of aliphatic hydroxyl groups excluding tert-OH is 1. The molecule has 0 aliphatic heterocycles. The number of hydrogen-bond donors (Lipinski definition) is 2. The Morgan fingerprint density at radius 1 is 1.42 bits per heavy atom. The minimum atomic E-state index is 0.116. The second-order valence-electron chi connectivity index (χ2n) is 2.78. The van der Waals surface area contributed by atoms with Crippen LogP contribution < -0.4 is 0 Å². The maximum absolute atomic E-state index is 8.61. The van der Waals surface area contributed by atoms with Crippen molar-refractivity contribution >= 4 is 0 Å². The predicted molar refractivity (Wildman–Crippen MR) is 45.8 cm³/mol. The fourth-order valence-electron chi connectivity index (χ4n) is 1.00. The molecule has 0 aliphatic rings. The van der Waals surface area contributed by atoms with Gasteiger partial charge >= 0.3 is 0 Å². The highest BCUT2D eigenvalue weighted by atomic mass is 16.3. The molecule has 1 aromatic heterocycles. The van der Waals surface area contributed by atoms with Gasteiger partial charge in [-0.1, -0.05) is 13.3 Å². The summed E-state index contributed by atoms with van der Waals surface area (Å²) < 4.78 is 0. The lowest BCUT2D eigenvalue weighted by atomic mass is 10.2. The first kappa shape index (κ1) is 9.19. The minimum absolute atomic E-state index is 0.116. The van der Waals surface area contributed by atoms with Crippen molar-refractivity contribution < 1.29 is 5.11 Å². The Kier molecular flexibility index (Phi) is 3.73. The molecular formula is C8H15N3O. The summed E-state index contributed by atoms with van der Waals surface area (Å²) in [5, 5.41) is 15.4. The first-order valence-corrected chi connectivity index (χ1v) is 4.37. The number of nitrogens with zero attached hydrogens (tertiary/aromatic N) is 2. The zero-order valence-corrected chi connectivity index (χ0v) is 7.38. The Morgan fingerprint density at radius 3 is 2.92 bits per heavy atom. The van der Waals surface area contributed by atoms with Crippen molar-refractivity contribution in [3.05, 3.63) is 11.6 Å². The SMILES string of the molecule is CCCCc1nc(CCO)n[nH]1. The van der Waals surface area contributed by atoms with Gasteiger partial charge in [-0.3, -0.25) is 5.10 Å². The molecule has 0 spiro atoms. The second kappa shape index (κ2) is 4.87. The number of unbranched alkanes of at least 4 members (excludes halogenated alkanes) is 1. The molecule has 0 amide bonds. The van der Waals surface area contributed by atoms with E-state index in [9.17, 15) is 0 Å². The van der Waals surface area contributed by atoms with E-state index >= 15 is 0 Å². The molecule has 1 aromatic rings. The molecule has 1 rings (SSSR count). The van der Waals surface area contributed by atoms with Crippen molar-refractivity contribution in [2.24, 2.45) is 0 Å². The first-order chi connectivity index (χ1) is 5.86. The number of H-pyrrole nitrogens is 1. The number of aromatic amines is 1. The van der Waals surface area contributed by atoms with Gasteiger partial charge in [0.15, 0.2) is 5.82 Å². The monoisotopic (exact) mass is 169 g/mol. The smallest absolute Gasteiger partial charge is 0.152 e. The average molecular weight is 169 g/mol. The summed E-state index contributed by atoms with van der Waals surface area (Å²) in [5.74, 6) is 1.64. The number of aliphatic hydroxyl groups is 1. The van der Waals surface area contributed by atoms with Crippen molar-refractivity contribution in [1.82, 2.24) is 15.2 Å². The molecule has 12 heavy (non-hydrogen) atoms. The largest absolute Gasteiger partial charge is 0.396 e. The fraction of sp³-hybridized carbons (Fsp3) is 0.750. The lowest BCUT2D eigenvalue weighted by Gasteiger charge is -1.90. The van der Waals surface area contributed by atoms with E-state index in [0.29, 0.717) is 12.2 Å². The summed E-state index contributed by atoms with van der Waals surface area (Å²) in [5.41, 5.74) is 0. The van der Waals surface area contributed by atoms with Gasteiger partial charge in [-0.05, 0) is 6.42 Å². The van der Waals surface area contributed by atoms with Crippen LogP contribution in [0.2, 0.25) is 0 Å². The van der Waals surface area contributed by atoms with E-state index in [1.54, 1.807) is 0 Å². The van der Waals surface area contributed by atoms with Crippen LogP contribution in [0.5, 0.6) is 0 Å². The molecule has 0 unspecified atom stereocenters. The Morgan fingerprint density at radius 2 is 2.25 bits per heavy atom. The van der Waals surface area contributed by atoms with Crippen LogP contribution in [0.4, 0.5) is 0 Å². The van der Waals surface area contributed by atoms with Gasteiger partial charge in [-0.2, -0.15) is 5.10 Å². The zero-order chi connectivity index (χ0) is 8.81. The van der Waals surface area contributed by atoms with Gasteiger partial charge in [-0.15, -0.1) is 0 Å². The summed E-state index contributed by atoms with van der Waals surface area (Å²) >= 11 is 0. The van der Waals surface area contributed by atoms with Gasteiger partial charge in [0.1, 0.15) is 5.82 Å². The third-order valence-corrected chi connectivity index (χ3v) is 1.68. The third-order valence-electron chi connectivity index (χ3n) is 1.68. The van der Waals surface area contributed by atoms with E-state index in [4.69, 9.17) is 5.11 Å². The fourth-order valence-corrected chi connectivity index (χ4v) is 1.00. The van der Waals surface area contributed by atoms with Crippen molar-refractivity contribution in [2.45, 2.75) is 32.6 Å². The molecule has 68 valence electrons. The molecule has 0 atom stereocenters. The molecule has 1 heterocycles. The third kappa shape index (κ3) is 2.62. The van der Waals surface area contributed by atoms with E-state index in [1.165, 1.54) is 0 Å². The average Bonchev–Trinajstić information content (AvgIpc) is 2.50. The van der Waals surface area contributed by atoms with Crippen molar-refractivity contribution in [3.8, 4) is 0 Å². The molecule has 0 radical (unpaired) electrons. The van der Waals surface area contributed by atoms with Gasteiger partial charge in [0.05, 0.1) is 6.61 Å². The molecule has 4 heteroatoms. The van der Waals surface area contributed by atoms with Crippen LogP contribution >= 0.6 is 0 Å². The van der Waals surface area contributed by atoms with E-state index in [2.05, 4.69) is 22.1 Å².